The van der Waals surface area contributed by atoms with Crippen LogP contribution in [-0.4, -0.2) is 35.6 Å². The average Bonchev–Trinajstić information content (AvgIpc) is 3.29. The highest BCUT2D eigenvalue weighted by atomic mass is 16.3. The van der Waals surface area contributed by atoms with Crippen molar-refractivity contribution >= 4 is 11.8 Å². The summed E-state index contributed by atoms with van der Waals surface area (Å²) < 4.78 is 0. The Morgan fingerprint density at radius 3 is 2.55 bits per heavy atom. The van der Waals surface area contributed by atoms with Crippen LogP contribution in [0, 0.1) is 5.92 Å². The summed E-state index contributed by atoms with van der Waals surface area (Å²) in [6, 6.07) is 8.07. The number of amides is 2. The highest BCUT2D eigenvalue weighted by molar-refractivity contribution is 5.94. The van der Waals surface area contributed by atoms with Crippen LogP contribution in [0.2, 0.25) is 0 Å². The van der Waals surface area contributed by atoms with Crippen molar-refractivity contribution in [2.24, 2.45) is 5.92 Å². The fourth-order valence-electron chi connectivity index (χ4n) is 1.86. The summed E-state index contributed by atoms with van der Waals surface area (Å²) in [5.74, 6) is -0.176. The molecule has 1 aromatic carbocycles. The molecule has 2 unspecified atom stereocenters. The molecule has 1 aliphatic rings. The van der Waals surface area contributed by atoms with E-state index in [0.29, 0.717) is 18.0 Å². The SMILES string of the molecule is CC(NC(=O)c1ccccc1)C(O)C(=O)NCC1CC1. The highest BCUT2D eigenvalue weighted by Gasteiger charge is 2.27. The predicted molar refractivity (Wildman–Crippen MR) is 75.1 cm³/mol. The van der Waals surface area contributed by atoms with Gasteiger partial charge in [-0.2, -0.15) is 0 Å². The molecule has 0 spiro atoms. The standard InChI is InChI=1S/C15H20N2O3/c1-10(13(18)15(20)16-9-11-7-8-11)17-14(19)12-5-3-2-4-6-12/h2-6,10-11,13,18H,7-9H2,1H3,(H,16,20)(H,17,19). The third kappa shape index (κ3) is 4.06. The van der Waals surface area contributed by atoms with Gasteiger partial charge in [0.25, 0.3) is 11.8 Å². The Kier molecular flexibility index (Phi) is 4.74. The lowest BCUT2D eigenvalue weighted by atomic mass is 10.1. The number of nitrogens with one attached hydrogen (secondary N) is 2. The van der Waals surface area contributed by atoms with E-state index in [9.17, 15) is 14.7 Å². The topological polar surface area (TPSA) is 78.4 Å². The van der Waals surface area contributed by atoms with Gasteiger partial charge in [0.2, 0.25) is 0 Å². The van der Waals surface area contributed by atoms with E-state index in [1.54, 1.807) is 31.2 Å². The summed E-state index contributed by atoms with van der Waals surface area (Å²) in [6.07, 6.45) is 1.04. The smallest absolute Gasteiger partial charge is 0.251 e. The predicted octanol–water partition coefficient (Wildman–Crippen LogP) is 0.692. The third-order valence-corrected chi connectivity index (χ3v) is 3.40. The first-order chi connectivity index (χ1) is 9.58. The number of aliphatic hydroxyl groups is 1. The van der Waals surface area contributed by atoms with Crippen molar-refractivity contribution < 1.29 is 14.7 Å². The summed E-state index contributed by atoms with van der Waals surface area (Å²) in [5.41, 5.74) is 0.505. The number of hydrogen-bond donors (Lipinski definition) is 3. The van der Waals surface area contributed by atoms with E-state index in [1.807, 2.05) is 6.07 Å². The van der Waals surface area contributed by atoms with Crippen molar-refractivity contribution in [1.29, 1.82) is 0 Å². The van der Waals surface area contributed by atoms with Gasteiger partial charge in [-0.3, -0.25) is 9.59 Å². The minimum absolute atomic E-state index is 0.299. The van der Waals surface area contributed by atoms with Crippen molar-refractivity contribution in [3.63, 3.8) is 0 Å². The quantitative estimate of drug-likeness (QED) is 0.715. The van der Waals surface area contributed by atoms with Gasteiger partial charge in [0.05, 0.1) is 6.04 Å². The lowest BCUT2D eigenvalue weighted by Crippen LogP contribution is -2.49. The Balaban J connectivity index is 1.81. The fourth-order valence-corrected chi connectivity index (χ4v) is 1.86. The Morgan fingerprint density at radius 2 is 1.95 bits per heavy atom. The molecule has 5 nitrogen and oxygen atoms in total. The molecule has 0 saturated heterocycles. The minimum atomic E-state index is -1.23. The van der Waals surface area contributed by atoms with Crippen LogP contribution in [0.4, 0.5) is 0 Å². The first kappa shape index (κ1) is 14.5. The lowest BCUT2D eigenvalue weighted by molar-refractivity contribution is -0.130. The highest BCUT2D eigenvalue weighted by Crippen LogP contribution is 2.27. The van der Waals surface area contributed by atoms with E-state index in [0.717, 1.165) is 12.8 Å². The van der Waals surface area contributed by atoms with Crippen LogP contribution >= 0.6 is 0 Å². The zero-order valence-corrected chi connectivity index (χ0v) is 11.5. The number of benzene rings is 1. The number of aliphatic hydroxyl groups excluding tert-OH is 1. The number of carbonyl (C=O) groups is 2. The molecule has 0 bridgehead atoms. The van der Waals surface area contributed by atoms with Gasteiger partial charge in [-0.1, -0.05) is 18.2 Å². The van der Waals surface area contributed by atoms with Crippen molar-refractivity contribution in [2.75, 3.05) is 6.54 Å². The Morgan fingerprint density at radius 1 is 1.30 bits per heavy atom. The molecule has 1 saturated carbocycles. The first-order valence-electron chi connectivity index (χ1n) is 6.89. The Hall–Kier alpha value is -1.88. The molecule has 3 N–H and O–H groups in total. The molecule has 1 aromatic rings. The minimum Gasteiger partial charge on any atom is -0.381 e. The molecule has 0 radical (unpaired) electrons. The van der Waals surface area contributed by atoms with E-state index in [4.69, 9.17) is 0 Å². The Labute approximate surface area is 118 Å². The number of carbonyl (C=O) groups excluding carboxylic acids is 2. The van der Waals surface area contributed by atoms with Crippen molar-refractivity contribution in [3.8, 4) is 0 Å². The van der Waals surface area contributed by atoms with Gasteiger partial charge < -0.3 is 15.7 Å². The normalized spacial score (nSPS) is 17.1. The zero-order valence-electron chi connectivity index (χ0n) is 11.5. The van der Waals surface area contributed by atoms with Crippen LogP contribution in [0.1, 0.15) is 30.1 Å². The maximum Gasteiger partial charge on any atom is 0.251 e. The second-order valence-corrected chi connectivity index (χ2v) is 5.26. The fraction of sp³-hybridized carbons (Fsp3) is 0.467. The monoisotopic (exact) mass is 276 g/mol. The van der Waals surface area contributed by atoms with E-state index in [2.05, 4.69) is 10.6 Å². The molecule has 108 valence electrons. The molecule has 0 aliphatic heterocycles. The number of rotatable bonds is 6. The average molecular weight is 276 g/mol. The lowest BCUT2D eigenvalue weighted by Gasteiger charge is -2.19. The molecule has 2 atom stereocenters. The van der Waals surface area contributed by atoms with E-state index in [1.165, 1.54) is 0 Å². The van der Waals surface area contributed by atoms with Crippen molar-refractivity contribution in [1.82, 2.24) is 10.6 Å². The van der Waals surface area contributed by atoms with Gasteiger partial charge >= 0.3 is 0 Å². The van der Waals surface area contributed by atoms with Crippen LogP contribution in [-0.2, 0) is 4.79 Å². The van der Waals surface area contributed by atoms with Gasteiger partial charge in [-0.15, -0.1) is 0 Å². The van der Waals surface area contributed by atoms with Gasteiger partial charge in [-0.25, -0.2) is 0 Å². The summed E-state index contributed by atoms with van der Waals surface area (Å²) in [4.78, 5) is 23.6. The Bertz CT molecular complexity index is 471. The maximum atomic E-state index is 11.9. The van der Waals surface area contributed by atoms with Crippen LogP contribution in [0.15, 0.2) is 30.3 Å². The summed E-state index contributed by atoms with van der Waals surface area (Å²) in [7, 11) is 0. The summed E-state index contributed by atoms with van der Waals surface area (Å²) in [5, 5.41) is 15.2. The van der Waals surface area contributed by atoms with Crippen molar-refractivity contribution in [3.05, 3.63) is 35.9 Å². The molecule has 2 rings (SSSR count). The molecule has 0 aromatic heterocycles. The third-order valence-electron chi connectivity index (χ3n) is 3.40. The van der Waals surface area contributed by atoms with Gasteiger partial charge in [0, 0.05) is 12.1 Å². The zero-order chi connectivity index (χ0) is 14.5. The van der Waals surface area contributed by atoms with Gasteiger partial charge in [-0.05, 0) is 37.8 Å². The van der Waals surface area contributed by atoms with E-state index >= 15 is 0 Å². The molecule has 0 heterocycles. The molecule has 5 heteroatoms. The second kappa shape index (κ2) is 6.52. The second-order valence-electron chi connectivity index (χ2n) is 5.26. The molecular weight excluding hydrogens is 256 g/mol. The van der Waals surface area contributed by atoms with Crippen LogP contribution in [0.25, 0.3) is 0 Å². The largest absolute Gasteiger partial charge is 0.381 e. The maximum absolute atomic E-state index is 11.9. The van der Waals surface area contributed by atoms with E-state index < -0.39 is 18.1 Å². The van der Waals surface area contributed by atoms with Crippen LogP contribution in [0.3, 0.4) is 0 Å². The summed E-state index contributed by atoms with van der Waals surface area (Å²) >= 11 is 0. The molecule has 20 heavy (non-hydrogen) atoms. The molecule has 1 aliphatic carbocycles. The molecular formula is C15H20N2O3. The van der Waals surface area contributed by atoms with Gasteiger partial charge in [0.15, 0.2) is 6.10 Å². The first-order valence-corrected chi connectivity index (χ1v) is 6.89. The molecule has 1 fully saturated rings. The van der Waals surface area contributed by atoms with Crippen molar-refractivity contribution in [2.45, 2.75) is 31.9 Å². The molecule has 2 amide bonds. The van der Waals surface area contributed by atoms with Gasteiger partial charge in [0.1, 0.15) is 0 Å². The van der Waals surface area contributed by atoms with E-state index in [-0.39, 0.29) is 5.91 Å². The number of hydrogen-bond acceptors (Lipinski definition) is 3. The van der Waals surface area contributed by atoms with Crippen LogP contribution in [0.5, 0.6) is 0 Å². The summed E-state index contributed by atoms with van der Waals surface area (Å²) in [6.45, 7) is 2.22. The van der Waals surface area contributed by atoms with Crippen LogP contribution < -0.4 is 10.6 Å².